The predicted octanol–water partition coefficient (Wildman–Crippen LogP) is 0.363. The van der Waals surface area contributed by atoms with Crippen LogP contribution in [0.15, 0.2) is 57.0 Å². The molecule has 5 rings (SSSR count). The molecule has 0 bridgehead atoms. The zero-order valence-corrected chi connectivity index (χ0v) is 27.8. The first-order chi connectivity index (χ1) is 22.9. The molecule has 0 saturated carbocycles. The van der Waals surface area contributed by atoms with Gasteiger partial charge in [-0.2, -0.15) is 0 Å². The van der Waals surface area contributed by atoms with Crippen LogP contribution in [0.1, 0.15) is 11.6 Å². The summed E-state index contributed by atoms with van der Waals surface area (Å²) < 4.78 is 2.69. The molecule has 0 aliphatic carbocycles. The maximum Gasteiger partial charge on any atom is 0.352 e. The van der Waals surface area contributed by atoms with E-state index in [0.29, 0.717) is 16.2 Å². The number of hydrazine groups is 2. The van der Waals surface area contributed by atoms with Crippen LogP contribution in [0.5, 0.6) is 5.75 Å². The van der Waals surface area contributed by atoms with Gasteiger partial charge in [0.25, 0.3) is 11.5 Å². The number of aliphatic carboxylic acids is 1. The van der Waals surface area contributed by atoms with Crippen molar-refractivity contribution in [3.05, 3.63) is 68.1 Å². The van der Waals surface area contributed by atoms with E-state index in [9.17, 15) is 34.2 Å². The van der Waals surface area contributed by atoms with E-state index in [2.05, 4.69) is 31.9 Å². The molecule has 2 unspecified atom stereocenters. The van der Waals surface area contributed by atoms with Gasteiger partial charge in [-0.15, -0.1) is 29.9 Å². The number of primary amides is 1. The molecule has 3 aliphatic heterocycles. The number of nitrogens with two attached hydrogens (primary N) is 1. The number of benzene rings is 1. The molecule has 1 aromatic carbocycles. The maximum absolute atomic E-state index is 14.0. The average Bonchev–Trinajstić information content (AvgIpc) is 3.54. The predicted molar refractivity (Wildman–Crippen MR) is 182 cm³/mol. The van der Waals surface area contributed by atoms with E-state index >= 15 is 0 Å². The summed E-state index contributed by atoms with van der Waals surface area (Å²) in [5, 5.41) is 26.4. The van der Waals surface area contributed by atoms with Gasteiger partial charge >= 0.3 is 12.0 Å². The van der Waals surface area contributed by atoms with E-state index < -0.39 is 46.8 Å². The summed E-state index contributed by atoms with van der Waals surface area (Å²) in [6.07, 6.45) is 8.06. The molecule has 2 aromatic rings. The van der Waals surface area contributed by atoms with Crippen molar-refractivity contribution in [2.24, 2.45) is 5.73 Å². The first-order valence-corrected chi connectivity index (χ1v) is 16.8. The number of nitrogens with zero attached hydrogens (tertiary/aromatic N) is 5. The monoisotopic (exact) mass is 714 g/mol. The Morgan fingerprint density at radius 1 is 1.27 bits per heavy atom. The van der Waals surface area contributed by atoms with Crippen LogP contribution in [0.2, 0.25) is 0 Å². The lowest BCUT2D eigenvalue weighted by molar-refractivity contribution is -0.150. The zero-order chi connectivity index (χ0) is 34.7. The van der Waals surface area contributed by atoms with Crippen LogP contribution in [0, 0.1) is 12.3 Å². The molecule has 17 nitrogen and oxygen atoms in total. The number of anilines is 2. The van der Waals surface area contributed by atoms with Gasteiger partial charge < -0.3 is 32.0 Å². The molecule has 1 saturated heterocycles. The number of carboxylic acids is 1. The number of aromatic amines is 1. The topological polar surface area (TPSA) is 230 Å². The molecular formula is C28H30N10O7S3. The second-order valence-corrected chi connectivity index (χ2v) is 13.8. The third kappa shape index (κ3) is 7.04. The molecule has 3 aliphatic rings. The molecule has 0 radical (unpaired) electrons. The number of aromatic hydroxyl groups is 1. The molecule has 252 valence electrons. The van der Waals surface area contributed by atoms with Gasteiger partial charge in [-0.05, 0) is 23.3 Å². The number of fused-ring (bicyclic) bond motifs is 1. The first-order valence-electron chi connectivity index (χ1n) is 14.0. The number of aromatic nitrogens is 2. The van der Waals surface area contributed by atoms with Crippen molar-refractivity contribution in [2.45, 2.75) is 17.5 Å². The molecular weight excluding hydrogens is 685 g/mol. The van der Waals surface area contributed by atoms with Crippen molar-refractivity contribution in [3.8, 4) is 18.1 Å². The Hall–Kier alpha value is -4.81. The largest absolute Gasteiger partial charge is 0.508 e. The van der Waals surface area contributed by atoms with Crippen molar-refractivity contribution in [3.63, 3.8) is 0 Å². The van der Waals surface area contributed by atoms with E-state index in [1.165, 1.54) is 59.7 Å². The molecule has 3 atom stereocenters. The molecule has 8 N–H and O–H groups in total. The van der Waals surface area contributed by atoms with Crippen molar-refractivity contribution in [1.82, 2.24) is 35.1 Å². The van der Waals surface area contributed by atoms with Crippen LogP contribution in [0.3, 0.4) is 0 Å². The Morgan fingerprint density at radius 3 is 2.60 bits per heavy atom. The van der Waals surface area contributed by atoms with Crippen LogP contribution in [-0.2, 0) is 14.4 Å². The summed E-state index contributed by atoms with van der Waals surface area (Å²) in [6.45, 7) is 0.0508. The molecule has 20 heteroatoms. The zero-order valence-electron chi connectivity index (χ0n) is 25.4. The minimum absolute atomic E-state index is 0.0113. The summed E-state index contributed by atoms with van der Waals surface area (Å²) in [7, 11) is 3.73. The number of urea groups is 1. The first kappa shape index (κ1) is 34.5. The number of amides is 4. The van der Waals surface area contributed by atoms with Crippen molar-refractivity contribution in [2.75, 3.05) is 42.4 Å². The number of carboxylic acid groups (broad SMARTS) is 1. The number of hydrogen-bond acceptors (Lipinski definition) is 14. The van der Waals surface area contributed by atoms with Gasteiger partial charge in [-0.25, -0.2) is 19.6 Å². The van der Waals surface area contributed by atoms with Gasteiger partial charge in [0.1, 0.15) is 34.6 Å². The summed E-state index contributed by atoms with van der Waals surface area (Å²) in [5.41, 5.74) is 8.11. The Morgan fingerprint density at radius 2 is 2.00 bits per heavy atom. The van der Waals surface area contributed by atoms with Crippen molar-refractivity contribution < 1.29 is 29.4 Å². The number of rotatable bonds is 12. The number of nitrogens with one attached hydrogen (secondary N) is 4. The summed E-state index contributed by atoms with van der Waals surface area (Å²) in [4.78, 5) is 74.1. The molecule has 1 aromatic heterocycles. The number of terminal acetylenes is 1. The highest BCUT2D eigenvalue weighted by Gasteiger charge is 2.55. The number of H-pyrrole nitrogens is 1. The summed E-state index contributed by atoms with van der Waals surface area (Å²) in [6, 6.07) is 1.31. The van der Waals surface area contributed by atoms with Crippen molar-refractivity contribution >= 4 is 70.9 Å². The smallest absolute Gasteiger partial charge is 0.352 e. The number of hydrogen-bond donors (Lipinski definition) is 7. The Balaban J connectivity index is 1.38. The number of thioether (sulfide) groups is 2. The highest BCUT2D eigenvalue weighted by molar-refractivity contribution is 8.21. The molecule has 48 heavy (non-hydrogen) atoms. The second-order valence-electron chi connectivity index (χ2n) is 10.5. The number of carbonyl (C=O) groups is 4. The lowest BCUT2D eigenvalue weighted by atomic mass is 10.00. The number of carbonyl (C=O) groups excluding carboxylic acids is 3. The Kier molecular flexibility index (Phi) is 10.4. The van der Waals surface area contributed by atoms with Gasteiger partial charge in [-0.1, -0.05) is 22.6 Å². The Bertz CT molecular complexity index is 1790. The van der Waals surface area contributed by atoms with E-state index in [4.69, 9.17) is 12.2 Å². The fourth-order valence-electron chi connectivity index (χ4n) is 4.94. The SMILES string of the molecule is C#CCNc1ncc(N(C(N)=O)C(C(=O)NC2C(=O)N3C(C(=O)O)=C(CSC4=CNN(N(C)C)S4)CS[C@H]23)c2ccc(O)cc2)c(=O)[nH]1. The lowest BCUT2D eigenvalue weighted by Gasteiger charge is -2.49. The van der Waals surface area contributed by atoms with Gasteiger partial charge in [0.15, 0.2) is 0 Å². The van der Waals surface area contributed by atoms with Gasteiger partial charge in [0.05, 0.1) is 17.0 Å². The summed E-state index contributed by atoms with van der Waals surface area (Å²) >= 11 is 4.14. The van der Waals surface area contributed by atoms with Crippen LogP contribution in [-0.4, -0.2) is 102 Å². The number of β-lactam (4-membered cyclic amide) rings is 1. The van der Waals surface area contributed by atoms with Crippen LogP contribution >= 0.6 is 35.5 Å². The fraction of sp³-hybridized carbons (Fsp3) is 0.286. The number of phenols is 1. The van der Waals surface area contributed by atoms with Gasteiger partial charge in [0.2, 0.25) is 11.9 Å². The van der Waals surface area contributed by atoms with E-state index in [0.717, 1.165) is 15.3 Å². The number of phenolic OH excluding ortho intramolecular Hbond substituents is 1. The second kappa shape index (κ2) is 14.5. The van der Waals surface area contributed by atoms with Crippen LogP contribution in [0.4, 0.5) is 16.4 Å². The standard InChI is InChI=1S/C28H30N10O7S3/c1-4-9-30-28-31-10-17(22(40)34-28)36(27(29)45)20(14-5-7-16(39)8-6-14)23(41)33-19-24(42)37-21(26(43)44)15(13-47-25(19)37)12-46-18-11-32-38(48-18)35(2)3/h1,5-8,10-11,19-20,25,32,39H,9,12-13H2,2-3H3,(H2,29,45)(H,33,41)(H,43,44)(H2,30,31,34,40)/t19?,20?,25-/m1/s1. The van der Waals surface area contributed by atoms with E-state index in [1.54, 1.807) is 10.7 Å². The molecule has 4 heterocycles. The van der Waals surface area contributed by atoms with Crippen LogP contribution in [0.25, 0.3) is 0 Å². The molecule has 0 spiro atoms. The van der Waals surface area contributed by atoms with Crippen molar-refractivity contribution in [1.29, 1.82) is 0 Å². The average molecular weight is 715 g/mol. The molecule has 1 fully saturated rings. The highest BCUT2D eigenvalue weighted by atomic mass is 32.2. The fourth-order valence-corrected chi connectivity index (χ4v) is 8.25. The highest BCUT2D eigenvalue weighted by Crippen LogP contribution is 2.43. The molecule has 4 amide bonds. The Labute approximate surface area is 286 Å². The van der Waals surface area contributed by atoms with Crippen LogP contribution < -0.4 is 32.3 Å². The quantitative estimate of drug-likeness (QED) is 0.0895. The maximum atomic E-state index is 14.0. The van der Waals surface area contributed by atoms with Gasteiger partial charge in [0, 0.05) is 43.7 Å². The van der Waals surface area contributed by atoms with E-state index in [-0.39, 0.29) is 40.9 Å². The minimum Gasteiger partial charge on any atom is -0.508 e. The minimum atomic E-state index is -1.60. The third-order valence-electron chi connectivity index (χ3n) is 7.12. The van der Waals surface area contributed by atoms with Gasteiger partial charge in [-0.3, -0.25) is 29.2 Å². The lowest BCUT2D eigenvalue weighted by Crippen LogP contribution is -2.71. The van der Waals surface area contributed by atoms with E-state index in [1.807, 2.05) is 19.1 Å². The third-order valence-corrected chi connectivity index (χ3v) is 10.8. The summed E-state index contributed by atoms with van der Waals surface area (Å²) in [5.74, 6) is -0.0119. The normalized spacial score (nSPS) is 19.4.